The number of aryl methyl sites for hydroxylation is 1. The molecule has 0 spiro atoms. The summed E-state index contributed by atoms with van der Waals surface area (Å²) >= 11 is 12.4. The summed E-state index contributed by atoms with van der Waals surface area (Å²) < 4.78 is 0.859. The van der Waals surface area contributed by atoms with E-state index >= 15 is 0 Å². The number of carbonyl (C=O) groups is 1. The molecule has 0 saturated heterocycles. The maximum absolute atomic E-state index is 12.3. The molecule has 1 heterocycles. The molecule has 1 amide bonds. The van der Waals surface area contributed by atoms with Gasteiger partial charge < -0.3 is 5.32 Å². The lowest BCUT2D eigenvalue weighted by Crippen LogP contribution is -2.34. The van der Waals surface area contributed by atoms with Crippen molar-refractivity contribution in [3.63, 3.8) is 0 Å². The molecule has 10 nitrogen and oxygen atoms in total. The molecule has 0 radical (unpaired) electrons. The number of carbonyl (C=O) groups excluding carboxylic acids is 1. The van der Waals surface area contributed by atoms with Crippen LogP contribution in [0, 0.1) is 27.2 Å². The number of nitro benzene ring substituents is 2. The highest BCUT2D eigenvalue weighted by molar-refractivity contribution is 7.80. The van der Waals surface area contributed by atoms with E-state index in [1.807, 2.05) is 13.0 Å². The molecule has 1 aromatic heterocycles. The van der Waals surface area contributed by atoms with Gasteiger partial charge in [0.2, 0.25) is 0 Å². The Morgan fingerprint density at radius 2 is 1.76 bits per heavy atom. The third-order valence-corrected chi connectivity index (χ3v) is 5.25. The molecule has 0 aliphatic rings. The Bertz CT molecular complexity index is 1120. The standard InChI is InChI=1S/C16H10ClN5O5S2/c1-7-2-13-12(6-11(7)17)18-16(29-13)20-15(28)19-14(23)8-3-9(21(24)25)5-10(4-8)22(26)27/h2-6H,1H3,(H2,18,19,20,23,28). The minimum absolute atomic E-state index is 0.119. The summed E-state index contributed by atoms with van der Waals surface area (Å²) in [5.74, 6) is -0.839. The van der Waals surface area contributed by atoms with Gasteiger partial charge in [-0.2, -0.15) is 0 Å². The van der Waals surface area contributed by atoms with Gasteiger partial charge in [-0.05, 0) is 36.8 Å². The van der Waals surface area contributed by atoms with Gasteiger partial charge in [-0.1, -0.05) is 22.9 Å². The highest BCUT2D eigenvalue weighted by Gasteiger charge is 2.20. The molecular weight excluding hydrogens is 442 g/mol. The van der Waals surface area contributed by atoms with E-state index in [-0.39, 0.29) is 10.7 Å². The molecule has 2 N–H and O–H groups in total. The molecule has 0 saturated carbocycles. The Balaban J connectivity index is 1.78. The minimum atomic E-state index is -0.839. The van der Waals surface area contributed by atoms with Crippen molar-refractivity contribution >= 4 is 72.9 Å². The van der Waals surface area contributed by atoms with Crippen molar-refractivity contribution in [1.29, 1.82) is 0 Å². The number of amides is 1. The van der Waals surface area contributed by atoms with Crippen LogP contribution in [0.15, 0.2) is 30.3 Å². The zero-order valence-electron chi connectivity index (χ0n) is 14.5. The normalized spacial score (nSPS) is 10.6. The maximum atomic E-state index is 12.3. The van der Waals surface area contributed by atoms with E-state index in [1.54, 1.807) is 6.07 Å². The Morgan fingerprint density at radius 1 is 1.14 bits per heavy atom. The van der Waals surface area contributed by atoms with Crippen molar-refractivity contribution in [2.75, 3.05) is 5.32 Å². The van der Waals surface area contributed by atoms with E-state index in [4.69, 9.17) is 23.8 Å². The summed E-state index contributed by atoms with van der Waals surface area (Å²) in [4.78, 5) is 36.9. The van der Waals surface area contributed by atoms with Gasteiger partial charge in [0.25, 0.3) is 17.3 Å². The third-order valence-electron chi connectivity index (χ3n) is 3.70. The summed E-state index contributed by atoms with van der Waals surface area (Å²) in [5, 5.41) is 27.8. The van der Waals surface area contributed by atoms with Gasteiger partial charge in [0.05, 0.1) is 31.7 Å². The Morgan fingerprint density at radius 3 is 2.34 bits per heavy atom. The van der Waals surface area contributed by atoms with Crippen LogP contribution in [-0.2, 0) is 0 Å². The molecule has 0 atom stereocenters. The second-order valence-corrected chi connectivity index (χ2v) is 7.59. The molecule has 0 bridgehead atoms. The molecule has 3 aromatic rings. The van der Waals surface area contributed by atoms with Crippen LogP contribution in [-0.4, -0.2) is 25.9 Å². The van der Waals surface area contributed by atoms with Crippen LogP contribution >= 0.6 is 35.2 Å². The average molecular weight is 452 g/mol. The minimum Gasteiger partial charge on any atom is -0.308 e. The number of nitrogens with one attached hydrogen (secondary N) is 2. The van der Waals surface area contributed by atoms with Crippen LogP contribution in [0.2, 0.25) is 5.02 Å². The fourth-order valence-corrected chi connectivity index (χ4v) is 3.71. The summed E-state index contributed by atoms with van der Waals surface area (Å²) in [6.07, 6.45) is 0. The van der Waals surface area contributed by atoms with Crippen LogP contribution in [0.1, 0.15) is 15.9 Å². The van der Waals surface area contributed by atoms with Crippen molar-refractivity contribution in [3.05, 3.63) is 66.7 Å². The molecular formula is C16H10ClN5O5S2. The highest BCUT2D eigenvalue weighted by Crippen LogP contribution is 2.30. The molecule has 2 aromatic carbocycles. The largest absolute Gasteiger partial charge is 0.308 e. The topological polar surface area (TPSA) is 140 Å². The number of rotatable bonds is 4. The van der Waals surface area contributed by atoms with Crippen LogP contribution < -0.4 is 10.6 Å². The van der Waals surface area contributed by atoms with Gasteiger partial charge in [0.1, 0.15) is 0 Å². The fraction of sp³-hybridized carbons (Fsp3) is 0.0625. The molecule has 0 aliphatic heterocycles. The van der Waals surface area contributed by atoms with Gasteiger partial charge in [0.15, 0.2) is 10.2 Å². The van der Waals surface area contributed by atoms with Crippen molar-refractivity contribution in [1.82, 2.24) is 10.3 Å². The monoisotopic (exact) mass is 451 g/mol. The number of non-ortho nitro benzene ring substituents is 2. The van der Waals surface area contributed by atoms with Crippen LogP contribution in [0.4, 0.5) is 16.5 Å². The van der Waals surface area contributed by atoms with Crippen LogP contribution in [0.25, 0.3) is 10.2 Å². The number of halogens is 1. The lowest BCUT2D eigenvalue weighted by molar-refractivity contribution is -0.394. The Labute approximate surface area is 176 Å². The zero-order valence-corrected chi connectivity index (χ0v) is 16.9. The van der Waals surface area contributed by atoms with Crippen LogP contribution in [0.3, 0.4) is 0 Å². The Hall–Kier alpha value is -3.22. The first-order valence-corrected chi connectivity index (χ1v) is 9.37. The third kappa shape index (κ3) is 4.62. The highest BCUT2D eigenvalue weighted by atomic mass is 35.5. The van der Waals surface area contributed by atoms with Crippen molar-refractivity contribution in [2.24, 2.45) is 0 Å². The number of thiocarbonyl (C=S) groups is 1. The number of nitro groups is 2. The van der Waals surface area contributed by atoms with Gasteiger partial charge in [-0.15, -0.1) is 0 Å². The van der Waals surface area contributed by atoms with Crippen molar-refractivity contribution in [3.8, 4) is 0 Å². The second-order valence-electron chi connectivity index (χ2n) is 5.75. The lowest BCUT2D eigenvalue weighted by atomic mass is 10.1. The summed E-state index contributed by atoms with van der Waals surface area (Å²) in [5.41, 5.74) is 0.0964. The van der Waals surface area contributed by atoms with E-state index in [9.17, 15) is 25.0 Å². The smallest absolute Gasteiger partial charge is 0.277 e. The molecule has 0 aliphatic carbocycles. The average Bonchev–Trinajstić information content (AvgIpc) is 3.02. The van der Waals surface area contributed by atoms with Crippen molar-refractivity contribution in [2.45, 2.75) is 6.92 Å². The zero-order chi connectivity index (χ0) is 21.3. The van der Waals surface area contributed by atoms with Gasteiger partial charge in [-0.25, -0.2) is 4.98 Å². The number of thiazole rings is 1. The SMILES string of the molecule is Cc1cc2sc(NC(=S)NC(=O)c3cc([N+](=O)[O-])cc([N+](=O)[O-])c3)nc2cc1Cl. The molecule has 148 valence electrons. The number of anilines is 1. The van der Waals surface area contributed by atoms with E-state index < -0.39 is 27.1 Å². The maximum Gasteiger partial charge on any atom is 0.277 e. The van der Waals surface area contributed by atoms with Crippen molar-refractivity contribution < 1.29 is 14.6 Å². The molecule has 0 fully saturated rings. The van der Waals surface area contributed by atoms with Gasteiger partial charge in [-0.3, -0.25) is 30.3 Å². The number of hydrogen-bond acceptors (Lipinski definition) is 8. The number of fused-ring (bicyclic) bond motifs is 1. The summed E-state index contributed by atoms with van der Waals surface area (Å²) in [6, 6.07) is 6.19. The predicted molar refractivity (Wildman–Crippen MR) is 113 cm³/mol. The van der Waals surface area contributed by atoms with Gasteiger partial charge in [0, 0.05) is 17.2 Å². The molecule has 29 heavy (non-hydrogen) atoms. The first-order valence-electron chi connectivity index (χ1n) is 7.77. The van der Waals surface area contributed by atoms with E-state index in [2.05, 4.69) is 15.6 Å². The quantitative estimate of drug-likeness (QED) is 0.341. The second kappa shape index (κ2) is 8.03. The number of aromatic nitrogens is 1. The first kappa shape index (κ1) is 20.5. The molecule has 3 rings (SSSR count). The Kier molecular flexibility index (Phi) is 5.68. The van der Waals surface area contributed by atoms with E-state index in [0.29, 0.717) is 15.7 Å². The predicted octanol–water partition coefficient (Wildman–Crippen LogP) is 4.20. The number of benzene rings is 2. The first-order chi connectivity index (χ1) is 13.6. The van der Waals surface area contributed by atoms with Gasteiger partial charge >= 0.3 is 0 Å². The lowest BCUT2D eigenvalue weighted by Gasteiger charge is -2.07. The van der Waals surface area contributed by atoms with E-state index in [1.165, 1.54) is 11.3 Å². The summed E-state index contributed by atoms with van der Waals surface area (Å²) in [7, 11) is 0. The van der Waals surface area contributed by atoms with E-state index in [0.717, 1.165) is 28.5 Å². The molecule has 0 unspecified atom stereocenters. The number of nitrogens with zero attached hydrogens (tertiary/aromatic N) is 3. The van der Waals surface area contributed by atoms with Crippen LogP contribution in [0.5, 0.6) is 0 Å². The molecule has 13 heteroatoms. The fourth-order valence-electron chi connectivity index (χ4n) is 2.34. The summed E-state index contributed by atoms with van der Waals surface area (Å²) in [6.45, 7) is 1.86. The number of hydrogen-bond donors (Lipinski definition) is 2.